The van der Waals surface area contributed by atoms with Gasteiger partial charge in [0.05, 0.1) is 12.2 Å². The highest BCUT2D eigenvalue weighted by Gasteiger charge is 2.39. The Morgan fingerprint density at radius 1 is 1.19 bits per heavy atom. The first kappa shape index (κ1) is 15.9. The van der Waals surface area contributed by atoms with Crippen LogP contribution in [-0.4, -0.2) is 35.8 Å². The maximum Gasteiger partial charge on any atom is 0.190 e. The molecule has 1 saturated carbocycles. The van der Waals surface area contributed by atoms with Crippen LogP contribution in [-0.2, 0) is 0 Å². The van der Waals surface area contributed by atoms with E-state index in [1.54, 1.807) is 17.5 Å². The lowest BCUT2D eigenvalue weighted by Crippen LogP contribution is -2.42. The van der Waals surface area contributed by atoms with Gasteiger partial charge in [-0.25, -0.2) is 15.0 Å². The van der Waals surface area contributed by atoms with Gasteiger partial charge in [-0.2, -0.15) is 0 Å². The first-order valence-corrected chi connectivity index (χ1v) is 10.1. The molecule has 0 amide bonds. The van der Waals surface area contributed by atoms with Gasteiger partial charge in [-0.15, -0.1) is 21.5 Å². The van der Waals surface area contributed by atoms with Crippen molar-refractivity contribution in [3.8, 4) is 16.5 Å². The van der Waals surface area contributed by atoms with Gasteiger partial charge in [0.2, 0.25) is 0 Å². The highest BCUT2D eigenvalue weighted by molar-refractivity contribution is 7.13. The van der Waals surface area contributed by atoms with Gasteiger partial charge in [0.25, 0.3) is 0 Å². The molecule has 1 atom stereocenters. The van der Waals surface area contributed by atoms with Crippen molar-refractivity contribution in [2.45, 2.75) is 58.0 Å². The summed E-state index contributed by atoms with van der Waals surface area (Å²) in [6.45, 7) is 4.21. The Morgan fingerprint density at radius 2 is 2.04 bits per heavy atom. The van der Waals surface area contributed by atoms with Crippen molar-refractivity contribution in [3.63, 3.8) is 0 Å². The van der Waals surface area contributed by atoms with E-state index in [1.807, 2.05) is 18.5 Å². The van der Waals surface area contributed by atoms with Gasteiger partial charge < -0.3 is 4.90 Å². The van der Waals surface area contributed by atoms with Gasteiger partial charge >= 0.3 is 0 Å². The molecule has 26 heavy (non-hydrogen) atoms. The van der Waals surface area contributed by atoms with Crippen LogP contribution in [0.15, 0.2) is 17.8 Å². The van der Waals surface area contributed by atoms with E-state index in [9.17, 15) is 0 Å². The second-order valence-corrected chi connectivity index (χ2v) is 7.84. The standard InChI is InChI=1S/C18H21N7S/c1-3-13-17-23-22-11(2)24(17)14-10-20-15(18-19-8-9-26-18)21-16(14)25(13)12-6-4-5-7-12/h8-10,12-13H,3-7H2,1-2H3/t13-/m1/s1. The van der Waals surface area contributed by atoms with Crippen molar-refractivity contribution in [2.75, 3.05) is 4.90 Å². The molecule has 2 aliphatic rings. The van der Waals surface area contributed by atoms with E-state index in [0.717, 1.165) is 34.6 Å². The molecule has 3 aromatic rings. The van der Waals surface area contributed by atoms with Crippen LogP contribution in [0.5, 0.6) is 0 Å². The summed E-state index contributed by atoms with van der Waals surface area (Å²) in [5, 5.41) is 11.7. The monoisotopic (exact) mass is 367 g/mol. The lowest BCUT2D eigenvalue weighted by atomic mass is 10.0. The average Bonchev–Trinajstić information content (AvgIpc) is 3.42. The van der Waals surface area contributed by atoms with E-state index in [0.29, 0.717) is 11.9 Å². The molecule has 134 valence electrons. The van der Waals surface area contributed by atoms with Crippen molar-refractivity contribution < 1.29 is 0 Å². The Kier molecular flexibility index (Phi) is 3.74. The van der Waals surface area contributed by atoms with Gasteiger partial charge in [-0.3, -0.25) is 4.57 Å². The lowest BCUT2D eigenvalue weighted by molar-refractivity contribution is 0.468. The van der Waals surface area contributed by atoms with Gasteiger partial charge in [0.15, 0.2) is 22.5 Å². The van der Waals surface area contributed by atoms with Crippen molar-refractivity contribution in [1.29, 1.82) is 0 Å². The van der Waals surface area contributed by atoms with Crippen LogP contribution in [0.25, 0.3) is 16.5 Å². The summed E-state index contributed by atoms with van der Waals surface area (Å²) in [6, 6.07) is 0.703. The third-order valence-electron chi connectivity index (χ3n) is 5.45. The van der Waals surface area contributed by atoms with Crippen molar-refractivity contribution in [3.05, 3.63) is 29.4 Å². The molecule has 0 N–H and O–H groups in total. The first-order valence-electron chi connectivity index (χ1n) is 9.25. The number of aromatic nitrogens is 6. The number of nitrogens with zero attached hydrogens (tertiary/aromatic N) is 7. The van der Waals surface area contributed by atoms with Crippen molar-refractivity contribution in [1.82, 2.24) is 29.7 Å². The second kappa shape index (κ2) is 6.12. The molecule has 1 aliphatic heterocycles. The van der Waals surface area contributed by atoms with Gasteiger partial charge in [-0.1, -0.05) is 19.8 Å². The van der Waals surface area contributed by atoms with Crippen LogP contribution in [0.3, 0.4) is 0 Å². The number of fused-ring (bicyclic) bond motifs is 3. The average molecular weight is 367 g/mol. The maximum absolute atomic E-state index is 4.99. The number of hydrogen-bond acceptors (Lipinski definition) is 7. The molecule has 5 rings (SSSR count). The minimum Gasteiger partial charge on any atom is -0.341 e. The van der Waals surface area contributed by atoms with E-state index in [2.05, 4.69) is 36.6 Å². The quantitative estimate of drug-likeness (QED) is 0.703. The normalized spacial score (nSPS) is 19.6. The van der Waals surface area contributed by atoms with Crippen LogP contribution >= 0.6 is 11.3 Å². The summed E-state index contributed by atoms with van der Waals surface area (Å²) < 4.78 is 2.13. The molecule has 0 bridgehead atoms. The molecule has 0 saturated heterocycles. The van der Waals surface area contributed by atoms with Gasteiger partial charge in [-0.05, 0) is 26.2 Å². The molecule has 0 unspecified atom stereocenters. The van der Waals surface area contributed by atoms with E-state index < -0.39 is 0 Å². The molecule has 0 spiro atoms. The predicted molar refractivity (Wildman–Crippen MR) is 101 cm³/mol. The van der Waals surface area contributed by atoms with Gasteiger partial charge in [0, 0.05) is 17.6 Å². The lowest BCUT2D eigenvalue weighted by Gasteiger charge is -2.41. The Hall–Kier alpha value is -2.35. The summed E-state index contributed by atoms with van der Waals surface area (Å²) in [6.07, 6.45) is 9.66. The summed E-state index contributed by atoms with van der Waals surface area (Å²) in [4.78, 5) is 16.5. The summed E-state index contributed by atoms with van der Waals surface area (Å²) >= 11 is 1.57. The van der Waals surface area contributed by atoms with Crippen LogP contribution in [0, 0.1) is 6.92 Å². The predicted octanol–water partition coefficient (Wildman–Crippen LogP) is 3.70. The molecule has 3 aromatic heterocycles. The topological polar surface area (TPSA) is 72.6 Å². The van der Waals surface area contributed by atoms with Crippen LogP contribution in [0.2, 0.25) is 0 Å². The van der Waals surface area contributed by atoms with E-state index in [1.165, 1.54) is 25.7 Å². The maximum atomic E-state index is 4.99. The zero-order valence-electron chi connectivity index (χ0n) is 15.0. The van der Waals surface area contributed by atoms with Crippen molar-refractivity contribution in [2.24, 2.45) is 0 Å². The van der Waals surface area contributed by atoms with Gasteiger partial charge in [0.1, 0.15) is 11.5 Å². The molecule has 7 nitrogen and oxygen atoms in total. The van der Waals surface area contributed by atoms with Crippen LogP contribution in [0.1, 0.15) is 56.7 Å². The fourth-order valence-corrected chi connectivity index (χ4v) is 4.88. The molecule has 1 aliphatic carbocycles. The Morgan fingerprint density at radius 3 is 2.77 bits per heavy atom. The zero-order chi connectivity index (χ0) is 17.7. The highest BCUT2D eigenvalue weighted by Crippen LogP contribution is 2.43. The van der Waals surface area contributed by atoms with Crippen molar-refractivity contribution >= 4 is 17.2 Å². The highest BCUT2D eigenvalue weighted by atomic mass is 32.1. The zero-order valence-corrected chi connectivity index (χ0v) is 15.8. The number of aryl methyl sites for hydroxylation is 1. The van der Waals surface area contributed by atoms with E-state index in [-0.39, 0.29) is 6.04 Å². The van der Waals surface area contributed by atoms with Crippen LogP contribution < -0.4 is 4.90 Å². The fraction of sp³-hybridized carbons (Fsp3) is 0.500. The van der Waals surface area contributed by atoms with E-state index in [4.69, 9.17) is 4.98 Å². The largest absolute Gasteiger partial charge is 0.341 e. The Bertz CT molecular complexity index is 927. The molecule has 1 fully saturated rings. The summed E-state index contributed by atoms with van der Waals surface area (Å²) in [5.74, 6) is 3.59. The Balaban J connectivity index is 1.73. The number of hydrogen-bond donors (Lipinski definition) is 0. The van der Waals surface area contributed by atoms with Crippen LogP contribution in [0.4, 0.5) is 5.82 Å². The minimum absolute atomic E-state index is 0.200. The molecular weight excluding hydrogens is 346 g/mol. The Labute approximate surface area is 156 Å². The smallest absolute Gasteiger partial charge is 0.190 e. The minimum atomic E-state index is 0.200. The molecular formula is C18H21N7S. The number of thiazole rings is 1. The molecule has 0 aromatic carbocycles. The summed E-state index contributed by atoms with van der Waals surface area (Å²) in [7, 11) is 0. The number of anilines is 1. The molecule has 8 heteroatoms. The third kappa shape index (κ3) is 2.28. The van der Waals surface area contributed by atoms with E-state index >= 15 is 0 Å². The molecule has 4 heterocycles. The number of rotatable bonds is 3. The third-order valence-corrected chi connectivity index (χ3v) is 6.22. The second-order valence-electron chi connectivity index (χ2n) is 6.95. The summed E-state index contributed by atoms with van der Waals surface area (Å²) in [5.41, 5.74) is 0.986. The first-order chi connectivity index (χ1) is 12.8. The SMILES string of the molecule is CC[C@@H]1c2nnc(C)n2-c2cnc(-c3nccs3)nc2N1C1CCCC1. The molecule has 0 radical (unpaired) electrons. The fourth-order valence-electron chi connectivity index (χ4n) is 4.30.